The number of nitrogens with one attached hydrogen (secondary N) is 1. The van der Waals surface area contributed by atoms with Gasteiger partial charge < -0.3 is 11.1 Å². The average Bonchev–Trinajstić information content (AvgIpc) is 2.44. The fraction of sp³-hybridized carbons (Fsp3) is 0.308. The highest BCUT2D eigenvalue weighted by Gasteiger charge is 2.34. The van der Waals surface area contributed by atoms with E-state index in [1.165, 1.54) is 0 Å². The predicted molar refractivity (Wildman–Crippen MR) is 76.5 cm³/mol. The van der Waals surface area contributed by atoms with Crippen molar-refractivity contribution in [3.63, 3.8) is 0 Å². The Kier molecular flexibility index (Phi) is 6.11. The molecule has 0 saturated heterocycles. The van der Waals surface area contributed by atoms with E-state index >= 15 is 0 Å². The number of anilines is 1. The average molecular weight is 352 g/mol. The van der Waals surface area contributed by atoms with Crippen molar-refractivity contribution in [1.82, 2.24) is 4.90 Å². The molecule has 0 saturated carbocycles. The molecule has 0 fully saturated rings. The molecule has 0 spiro atoms. The highest BCUT2D eigenvalue weighted by molar-refractivity contribution is 6.41. The molecule has 0 bridgehead atoms. The molecule has 3 N–H and O–H groups in total. The van der Waals surface area contributed by atoms with Crippen LogP contribution in [0.15, 0.2) is 18.2 Å². The van der Waals surface area contributed by atoms with E-state index in [4.69, 9.17) is 17.3 Å². The molecule has 1 aromatic carbocycles. The Morgan fingerprint density at radius 1 is 1.30 bits per heavy atom. The zero-order valence-electron chi connectivity index (χ0n) is 11.9. The third kappa shape index (κ3) is 4.93. The summed E-state index contributed by atoms with van der Waals surface area (Å²) in [6, 6.07) is 2.63. The molecule has 10 heteroatoms. The van der Waals surface area contributed by atoms with Crippen LogP contribution in [-0.2, 0) is 20.6 Å². The van der Waals surface area contributed by atoms with Gasteiger partial charge in [-0.15, -0.1) is 0 Å². The van der Waals surface area contributed by atoms with Crippen molar-refractivity contribution >= 4 is 35.0 Å². The summed E-state index contributed by atoms with van der Waals surface area (Å²) in [5, 5.41) is 1.45. The number of benzene rings is 1. The summed E-state index contributed by atoms with van der Waals surface area (Å²) < 4.78 is 38.2. The fourth-order valence-corrected chi connectivity index (χ4v) is 1.88. The van der Waals surface area contributed by atoms with Gasteiger partial charge in [0.05, 0.1) is 10.6 Å². The van der Waals surface area contributed by atoms with Crippen molar-refractivity contribution in [1.29, 1.82) is 0 Å². The number of carbonyl (C=O) groups excluding carboxylic acids is 3. The smallest absolute Gasteiger partial charge is 0.329 e. The van der Waals surface area contributed by atoms with Gasteiger partial charge in [-0.05, 0) is 18.2 Å². The van der Waals surface area contributed by atoms with Crippen molar-refractivity contribution in [3.8, 4) is 0 Å². The lowest BCUT2D eigenvalue weighted by Crippen LogP contribution is -2.44. The monoisotopic (exact) mass is 351 g/mol. The molecule has 1 aromatic rings. The maximum absolute atomic E-state index is 12.7. The van der Waals surface area contributed by atoms with Gasteiger partial charge in [0.1, 0.15) is 0 Å². The predicted octanol–water partition coefficient (Wildman–Crippen LogP) is 1.63. The molecule has 126 valence electrons. The molecule has 6 nitrogen and oxygen atoms in total. The van der Waals surface area contributed by atoms with Gasteiger partial charge in [0, 0.05) is 25.7 Å². The fourth-order valence-electron chi connectivity index (χ4n) is 1.66. The van der Waals surface area contributed by atoms with Crippen LogP contribution in [0.4, 0.5) is 18.9 Å². The Morgan fingerprint density at radius 3 is 2.39 bits per heavy atom. The van der Waals surface area contributed by atoms with Crippen LogP contribution >= 0.6 is 11.6 Å². The standard InChI is InChI=1S/C13H13ClF3N3O3/c1-7(21)20(5-4-18)12(23)11(22)19-8-2-3-10(14)9(6-8)13(15,16)17/h2-3,6H,4-5,18H2,1H3,(H,19,22). The van der Waals surface area contributed by atoms with Gasteiger partial charge in [0.25, 0.3) is 0 Å². The summed E-state index contributed by atoms with van der Waals surface area (Å²) >= 11 is 5.45. The summed E-state index contributed by atoms with van der Waals surface area (Å²) in [5.74, 6) is -3.18. The molecule has 23 heavy (non-hydrogen) atoms. The minimum absolute atomic E-state index is 0.0578. The summed E-state index contributed by atoms with van der Waals surface area (Å²) in [6.45, 7) is 0.818. The first-order chi connectivity index (χ1) is 10.6. The maximum atomic E-state index is 12.7. The van der Waals surface area contributed by atoms with Crippen molar-refractivity contribution in [2.24, 2.45) is 5.73 Å². The van der Waals surface area contributed by atoms with Gasteiger partial charge >= 0.3 is 18.0 Å². The van der Waals surface area contributed by atoms with Crippen LogP contribution in [0.3, 0.4) is 0 Å². The lowest BCUT2D eigenvalue weighted by Gasteiger charge is -2.17. The first kappa shape index (κ1) is 18.9. The zero-order chi connectivity index (χ0) is 17.8. The number of nitrogens with two attached hydrogens (primary N) is 1. The molecule has 0 radical (unpaired) electrons. The Bertz CT molecular complexity index is 635. The van der Waals surface area contributed by atoms with Crippen molar-refractivity contribution in [2.75, 3.05) is 18.4 Å². The number of nitrogens with zero attached hydrogens (tertiary/aromatic N) is 1. The molecule has 1 rings (SSSR count). The first-order valence-electron chi connectivity index (χ1n) is 6.28. The summed E-state index contributed by atoms with van der Waals surface area (Å²) in [7, 11) is 0. The van der Waals surface area contributed by atoms with E-state index < -0.39 is 34.5 Å². The van der Waals surface area contributed by atoms with Crippen LogP contribution in [0.25, 0.3) is 0 Å². The number of amides is 3. The lowest BCUT2D eigenvalue weighted by atomic mass is 10.2. The van der Waals surface area contributed by atoms with Crippen LogP contribution in [0, 0.1) is 0 Å². The van der Waals surface area contributed by atoms with Crippen LogP contribution < -0.4 is 11.1 Å². The van der Waals surface area contributed by atoms with Gasteiger partial charge in [-0.25, -0.2) is 0 Å². The van der Waals surface area contributed by atoms with Gasteiger partial charge in [-0.2, -0.15) is 13.2 Å². The van der Waals surface area contributed by atoms with Crippen LogP contribution in [-0.4, -0.2) is 35.7 Å². The van der Waals surface area contributed by atoms with Gasteiger partial charge in [-0.3, -0.25) is 19.3 Å². The largest absolute Gasteiger partial charge is 0.417 e. The highest BCUT2D eigenvalue weighted by Crippen LogP contribution is 2.36. The Balaban J connectivity index is 2.97. The van der Waals surface area contributed by atoms with E-state index in [0.717, 1.165) is 19.1 Å². The van der Waals surface area contributed by atoms with E-state index in [-0.39, 0.29) is 18.8 Å². The summed E-state index contributed by atoms with van der Waals surface area (Å²) in [5.41, 5.74) is 3.79. The topological polar surface area (TPSA) is 92.5 Å². The molecule has 0 aliphatic carbocycles. The Labute approximate surface area is 134 Å². The quantitative estimate of drug-likeness (QED) is 0.810. The third-order valence-electron chi connectivity index (χ3n) is 2.70. The number of alkyl halides is 3. The third-order valence-corrected chi connectivity index (χ3v) is 3.03. The minimum Gasteiger partial charge on any atom is -0.329 e. The van der Waals surface area contributed by atoms with E-state index in [0.29, 0.717) is 11.0 Å². The van der Waals surface area contributed by atoms with Gasteiger partial charge in [0.15, 0.2) is 0 Å². The van der Waals surface area contributed by atoms with E-state index in [2.05, 4.69) is 0 Å². The second-order valence-electron chi connectivity index (χ2n) is 4.41. The Hall–Kier alpha value is -2.13. The molecule has 0 unspecified atom stereocenters. The van der Waals surface area contributed by atoms with Gasteiger partial charge in [0.2, 0.25) is 5.91 Å². The minimum atomic E-state index is -4.72. The first-order valence-corrected chi connectivity index (χ1v) is 6.66. The molecule has 0 aliphatic rings. The molecular weight excluding hydrogens is 339 g/mol. The highest BCUT2D eigenvalue weighted by atomic mass is 35.5. The lowest BCUT2D eigenvalue weighted by molar-refractivity contribution is -0.149. The molecule has 0 aliphatic heterocycles. The van der Waals surface area contributed by atoms with E-state index in [1.54, 1.807) is 0 Å². The molecule has 0 heterocycles. The SMILES string of the molecule is CC(=O)N(CCN)C(=O)C(=O)Nc1ccc(Cl)c(C(F)(F)F)c1. The number of halogens is 4. The second kappa shape index (κ2) is 7.42. The molecular formula is C13H13ClF3N3O3. The molecule has 0 aromatic heterocycles. The van der Waals surface area contributed by atoms with Crippen molar-refractivity contribution in [2.45, 2.75) is 13.1 Å². The summed E-state index contributed by atoms with van der Waals surface area (Å²) in [4.78, 5) is 35.4. The van der Waals surface area contributed by atoms with Crippen LogP contribution in [0.5, 0.6) is 0 Å². The van der Waals surface area contributed by atoms with Crippen LogP contribution in [0.1, 0.15) is 12.5 Å². The zero-order valence-corrected chi connectivity index (χ0v) is 12.7. The summed E-state index contributed by atoms with van der Waals surface area (Å²) in [6.07, 6.45) is -4.72. The number of imide groups is 1. The Morgan fingerprint density at radius 2 is 1.91 bits per heavy atom. The van der Waals surface area contributed by atoms with Crippen molar-refractivity contribution < 1.29 is 27.6 Å². The number of hydrogen-bond acceptors (Lipinski definition) is 4. The molecule has 0 atom stereocenters. The van der Waals surface area contributed by atoms with Gasteiger partial charge in [-0.1, -0.05) is 11.6 Å². The number of carbonyl (C=O) groups is 3. The molecule has 3 amide bonds. The second-order valence-corrected chi connectivity index (χ2v) is 4.82. The van der Waals surface area contributed by atoms with E-state index in [1.807, 2.05) is 5.32 Å². The number of hydrogen-bond donors (Lipinski definition) is 2. The van der Waals surface area contributed by atoms with Crippen LogP contribution in [0.2, 0.25) is 5.02 Å². The van der Waals surface area contributed by atoms with E-state index in [9.17, 15) is 27.6 Å². The van der Waals surface area contributed by atoms with Crippen molar-refractivity contribution in [3.05, 3.63) is 28.8 Å². The number of rotatable bonds is 3. The normalized spacial score (nSPS) is 11.0. The maximum Gasteiger partial charge on any atom is 0.417 e.